The highest BCUT2D eigenvalue weighted by Crippen LogP contribution is 2.13. The van der Waals surface area contributed by atoms with Gasteiger partial charge in [0.05, 0.1) is 5.69 Å². The van der Waals surface area contributed by atoms with Gasteiger partial charge in [-0.2, -0.15) is 5.10 Å². The first-order chi connectivity index (χ1) is 7.66. The van der Waals surface area contributed by atoms with Gasteiger partial charge in [-0.3, -0.25) is 9.58 Å². The van der Waals surface area contributed by atoms with E-state index in [-0.39, 0.29) is 5.69 Å². The number of aromatic carboxylic acids is 1. The maximum absolute atomic E-state index is 10.9. The second-order valence-electron chi connectivity index (χ2n) is 4.29. The van der Waals surface area contributed by atoms with Crippen molar-refractivity contribution < 1.29 is 9.90 Å². The van der Waals surface area contributed by atoms with Gasteiger partial charge >= 0.3 is 5.97 Å². The van der Waals surface area contributed by atoms with Crippen LogP contribution in [0.1, 0.15) is 35.4 Å². The van der Waals surface area contributed by atoms with Crippen LogP contribution in [-0.2, 0) is 13.6 Å². The van der Waals surface area contributed by atoms with Gasteiger partial charge in [0.1, 0.15) is 5.69 Å². The molecule has 1 saturated heterocycles. The SMILES string of the molecule is Cn1nc(CN2CCCCC2)cc1C(=O)O. The summed E-state index contributed by atoms with van der Waals surface area (Å²) in [6.07, 6.45) is 3.77. The van der Waals surface area contributed by atoms with Gasteiger partial charge in [0, 0.05) is 13.6 Å². The van der Waals surface area contributed by atoms with Gasteiger partial charge in [0.15, 0.2) is 0 Å². The number of carboxylic acids is 1. The maximum Gasteiger partial charge on any atom is 0.354 e. The molecule has 2 heterocycles. The summed E-state index contributed by atoms with van der Waals surface area (Å²) in [5, 5.41) is 13.1. The van der Waals surface area contributed by atoms with E-state index in [9.17, 15) is 4.79 Å². The largest absolute Gasteiger partial charge is 0.477 e. The van der Waals surface area contributed by atoms with Crippen molar-refractivity contribution in [1.82, 2.24) is 14.7 Å². The number of rotatable bonds is 3. The van der Waals surface area contributed by atoms with E-state index < -0.39 is 5.97 Å². The summed E-state index contributed by atoms with van der Waals surface area (Å²) in [4.78, 5) is 13.2. The van der Waals surface area contributed by atoms with E-state index in [0.29, 0.717) is 0 Å². The standard InChI is InChI=1S/C11H17N3O2/c1-13-10(11(15)16)7-9(12-13)8-14-5-3-2-4-6-14/h7H,2-6,8H2,1H3,(H,15,16). The Balaban J connectivity index is 2.03. The Morgan fingerprint density at radius 2 is 2.12 bits per heavy atom. The van der Waals surface area contributed by atoms with E-state index in [4.69, 9.17) is 5.11 Å². The minimum atomic E-state index is -0.917. The molecule has 16 heavy (non-hydrogen) atoms. The molecule has 0 atom stereocenters. The first kappa shape index (κ1) is 11.1. The number of carboxylic acid groups (broad SMARTS) is 1. The van der Waals surface area contributed by atoms with Crippen LogP contribution >= 0.6 is 0 Å². The molecule has 1 N–H and O–H groups in total. The third-order valence-corrected chi connectivity index (χ3v) is 2.98. The van der Waals surface area contributed by atoms with Crippen LogP contribution in [0.5, 0.6) is 0 Å². The van der Waals surface area contributed by atoms with Crippen LogP contribution in [0, 0.1) is 0 Å². The Morgan fingerprint density at radius 1 is 1.44 bits per heavy atom. The molecule has 1 aliphatic rings. The van der Waals surface area contributed by atoms with Crippen molar-refractivity contribution in [3.63, 3.8) is 0 Å². The van der Waals surface area contributed by atoms with Gasteiger partial charge in [-0.25, -0.2) is 4.79 Å². The van der Waals surface area contributed by atoms with E-state index in [2.05, 4.69) is 10.00 Å². The van der Waals surface area contributed by atoms with E-state index >= 15 is 0 Å². The molecule has 0 spiro atoms. The van der Waals surface area contributed by atoms with Crippen LogP contribution in [0.2, 0.25) is 0 Å². The summed E-state index contributed by atoms with van der Waals surface area (Å²) in [7, 11) is 1.67. The third kappa shape index (κ3) is 2.41. The molecule has 1 fully saturated rings. The summed E-state index contributed by atoms with van der Waals surface area (Å²) >= 11 is 0. The van der Waals surface area contributed by atoms with E-state index in [1.54, 1.807) is 13.1 Å². The quantitative estimate of drug-likeness (QED) is 0.833. The topological polar surface area (TPSA) is 58.4 Å². The van der Waals surface area contributed by atoms with Crippen molar-refractivity contribution in [3.8, 4) is 0 Å². The highest BCUT2D eigenvalue weighted by molar-refractivity contribution is 5.85. The van der Waals surface area contributed by atoms with Gasteiger partial charge in [-0.1, -0.05) is 6.42 Å². The monoisotopic (exact) mass is 223 g/mol. The normalized spacial score (nSPS) is 17.6. The van der Waals surface area contributed by atoms with E-state index in [1.807, 2.05) is 0 Å². The van der Waals surface area contributed by atoms with Crippen LogP contribution in [0.4, 0.5) is 0 Å². The number of likely N-dealkylation sites (tertiary alicyclic amines) is 1. The smallest absolute Gasteiger partial charge is 0.354 e. The van der Waals surface area contributed by atoms with E-state index in [1.165, 1.54) is 23.9 Å². The van der Waals surface area contributed by atoms with Gasteiger partial charge in [0.2, 0.25) is 0 Å². The molecule has 0 saturated carbocycles. The molecule has 0 aromatic carbocycles. The molecule has 1 aromatic heterocycles. The average Bonchev–Trinajstić information content (AvgIpc) is 2.61. The fourth-order valence-electron chi connectivity index (χ4n) is 2.15. The van der Waals surface area contributed by atoms with Gasteiger partial charge < -0.3 is 5.11 Å². The zero-order valence-corrected chi connectivity index (χ0v) is 9.52. The Morgan fingerprint density at radius 3 is 2.69 bits per heavy atom. The maximum atomic E-state index is 10.9. The molecule has 0 radical (unpaired) electrons. The predicted molar refractivity (Wildman–Crippen MR) is 59.3 cm³/mol. The van der Waals surface area contributed by atoms with Crippen molar-refractivity contribution in [2.75, 3.05) is 13.1 Å². The lowest BCUT2D eigenvalue weighted by Crippen LogP contribution is -2.29. The van der Waals surface area contributed by atoms with Crippen LogP contribution in [0.25, 0.3) is 0 Å². The predicted octanol–water partition coefficient (Wildman–Crippen LogP) is 1.10. The van der Waals surface area contributed by atoms with Crippen molar-refractivity contribution in [2.24, 2.45) is 7.05 Å². The molecule has 0 amide bonds. The minimum absolute atomic E-state index is 0.256. The zero-order valence-electron chi connectivity index (χ0n) is 9.52. The number of aromatic nitrogens is 2. The first-order valence-corrected chi connectivity index (χ1v) is 5.65. The summed E-state index contributed by atoms with van der Waals surface area (Å²) < 4.78 is 1.43. The summed E-state index contributed by atoms with van der Waals surface area (Å²) in [5.74, 6) is -0.917. The molecule has 1 aromatic rings. The minimum Gasteiger partial charge on any atom is -0.477 e. The Hall–Kier alpha value is -1.36. The van der Waals surface area contributed by atoms with Crippen molar-refractivity contribution in [3.05, 3.63) is 17.5 Å². The fraction of sp³-hybridized carbons (Fsp3) is 0.636. The van der Waals surface area contributed by atoms with Crippen LogP contribution in [0.3, 0.4) is 0 Å². The molecule has 88 valence electrons. The first-order valence-electron chi connectivity index (χ1n) is 5.65. The van der Waals surface area contributed by atoms with Crippen LogP contribution in [-0.4, -0.2) is 38.8 Å². The lowest BCUT2D eigenvalue weighted by Gasteiger charge is -2.25. The number of hydrogen-bond acceptors (Lipinski definition) is 3. The van der Waals surface area contributed by atoms with Crippen molar-refractivity contribution in [2.45, 2.75) is 25.8 Å². The van der Waals surface area contributed by atoms with Gasteiger partial charge in [-0.15, -0.1) is 0 Å². The van der Waals surface area contributed by atoms with Gasteiger partial charge in [0.25, 0.3) is 0 Å². The Labute approximate surface area is 94.7 Å². The second kappa shape index (κ2) is 4.65. The summed E-state index contributed by atoms with van der Waals surface area (Å²) in [6, 6.07) is 1.66. The fourth-order valence-corrected chi connectivity index (χ4v) is 2.15. The molecule has 0 unspecified atom stereocenters. The molecular weight excluding hydrogens is 206 g/mol. The summed E-state index contributed by atoms with van der Waals surface area (Å²) in [5.41, 5.74) is 1.11. The number of carbonyl (C=O) groups is 1. The van der Waals surface area contributed by atoms with Gasteiger partial charge in [-0.05, 0) is 32.0 Å². The third-order valence-electron chi connectivity index (χ3n) is 2.98. The second-order valence-corrected chi connectivity index (χ2v) is 4.29. The number of piperidine rings is 1. The van der Waals surface area contributed by atoms with Crippen molar-refractivity contribution in [1.29, 1.82) is 0 Å². The van der Waals surface area contributed by atoms with E-state index in [0.717, 1.165) is 25.3 Å². The average molecular weight is 223 g/mol. The Kier molecular flexibility index (Phi) is 3.24. The zero-order chi connectivity index (χ0) is 11.5. The van der Waals surface area contributed by atoms with Crippen molar-refractivity contribution >= 4 is 5.97 Å². The lowest BCUT2D eigenvalue weighted by molar-refractivity contribution is 0.0685. The van der Waals surface area contributed by atoms with Crippen LogP contribution in [0.15, 0.2) is 6.07 Å². The highest BCUT2D eigenvalue weighted by atomic mass is 16.4. The number of hydrogen-bond donors (Lipinski definition) is 1. The molecule has 5 nitrogen and oxygen atoms in total. The number of nitrogens with zero attached hydrogens (tertiary/aromatic N) is 3. The molecule has 2 rings (SSSR count). The molecule has 0 bridgehead atoms. The molecular formula is C11H17N3O2. The highest BCUT2D eigenvalue weighted by Gasteiger charge is 2.15. The van der Waals surface area contributed by atoms with Crippen LogP contribution < -0.4 is 0 Å². The molecule has 5 heteroatoms. The lowest BCUT2D eigenvalue weighted by atomic mass is 10.1. The Bertz CT molecular complexity index is 381. The number of aryl methyl sites for hydroxylation is 1. The molecule has 1 aliphatic heterocycles. The summed E-state index contributed by atoms with van der Waals surface area (Å²) in [6.45, 7) is 2.96. The molecule has 0 aliphatic carbocycles.